The van der Waals surface area contributed by atoms with Crippen molar-refractivity contribution in [3.05, 3.63) is 28.8 Å². The fourth-order valence-corrected chi connectivity index (χ4v) is 5.28. The second-order valence-electron chi connectivity index (χ2n) is 9.75. The second kappa shape index (κ2) is 8.01. The Morgan fingerprint density at radius 2 is 1.80 bits per heavy atom. The molecule has 1 aromatic carbocycles. The molecule has 1 aromatic heterocycles. The normalized spacial score (nSPS) is 19.9. The van der Waals surface area contributed by atoms with E-state index in [2.05, 4.69) is 63.9 Å². The van der Waals surface area contributed by atoms with Crippen molar-refractivity contribution >= 4 is 16.7 Å². The van der Waals surface area contributed by atoms with Gasteiger partial charge in [-0.15, -0.1) is 0 Å². The molecule has 30 heavy (non-hydrogen) atoms. The van der Waals surface area contributed by atoms with Crippen molar-refractivity contribution in [2.24, 2.45) is 0 Å². The largest absolute Gasteiger partial charge is 0.493 e. The molecule has 0 amide bonds. The molecule has 0 aliphatic carbocycles. The third kappa shape index (κ3) is 3.90. The number of likely N-dealkylation sites (tertiary alicyclic amines) is 1. The highest BCUT2D eigenvalue weighted by Gasteiger charge is 2.46. The van der Waals surface area contributed by atoms with Crippen LogP contribution in [0.3, 0.4) is 0 Å². The SMILES string of the molecule is CCNc1nc2cc(OCCCN3CCCC3)c(C)cc2c2c1C(C)(C)OC2(C)C. The highest BCUT2D eigenvalue weighted by atomic mass is 16.5. The van der Waals surface area contributed by atoms with E-state index in [-0.39, 0.29) is 11.2 Å². The van der Waals surface area contributed by atoms with Crippen molar-refractivity contribution in [2.75, 3.05) is 38.1 Å². The predicted molar refractivity (Wildman–Crippen MR) is 124 cm³/mol. The number of fused-ring (bicyclic) bond motifs is 3. The summed E-state index contributed by atoms with van der Waals surface area (Å²) in [5.41, 5.74) is 3.81. The number of nitrogens with one attached hydrogen (secondary N) is 1. The number of hydrogen-bond donors (Lipinski definition) is 1. The summed E-state index contributed by atoms with van der Waals surface area (Å²) in [6.07, 6.45) is 3.74. The summed E-state index contributed by atoms with van der Waals surface area (Å²) >= 11 is 0. The van der Waals surface area contributed by atoms with Gasteiger partial charge in [0.15, 0.2) is 0 Å². The van der Waals surface area contributed by atoms with Crippen molar-refractivity contribution < 1.29 is 9.47 Å². The molecule has 0 atom stereocenters. The fraction of sp³-hybridized carbons (Fsp3) is 0.640. The Bertz CT molecular complexity index is 930. The molecule has 0 spiro atoms. The number of hydrogen-bond acceptors (Lipinski definition) is 5. The van der Waals surface area contributed by atoms with E-state index in [4.69, 9.17) is 14.5 Å². The Kier molecular flexibility index (Phi) is 5.71. The van der Waals surface area contributed by atoms with Crippen molar-refractivity contribution in [3.63, 3.8) is 0 Å². The van der Waals surface area contributed by atoms with Gasteiger partial charge in [-0.05, 0) is 85.5 Å². The summed E-state index contributed by atoms with van der Waals surface area (Å²) in [5, 5.41) is 4.64. The van der Waals surface area contributed by atoms with Crippen LogP contribution in [-0.4, -0.2) is 42.7 Å². The molecule has 0 saturated carbocycles. The molecule has 5 nitrogen and oxygen atoms in total. The molecule has 1 N–H and O–H groups in total. The average Bonchev–Trinajstić information content (AvgIpc) is 3.23. The highest BCUT2D eigenvalue weighted by molar-refractivity contribution is 5.90. The number of nitrogens with zero attached hydrogens (tertiary/aromatic N) is 2. The number of rotatable bonds is 7. The van der Waals surface area contributed by atoms with Gasteiger partial charge in [0.1, 0.15) is 11.6 Å². The first-order valence-electron chi connectivity index (χ1n) is 11.5. The van der Waals surface area contributed by atoms with Gasteiger partial charge in [0.05, 0.1) is 23.3 Å². The van der Waals surface area contributed by atoms with E-state index in [0.29, 0.717) is 0 Å². The Morgan fingerprint density at radius 3 is 2.50 bits per heavy atom. The van der Waals surface area contributed by atoms with Crippen LogP contribution < -0.4 is 10.1 Å². The fourth-order valence-electron chi connectivity index (χ4n) is 5.28. The molecule has 164 valence electrons. The standard InChI is InChI=1S/C25H37N3O2/c1-7-26-23-22-21(24(3,4)30-25(22,5)6)18-15-17(2)20(16-19(18)27-23)29-14-10-13-28-11-8-9-12-28/h15-16H,7-14H2,1-6H3,(H,26,27). The lowest BCUT2D eigenvalue weighted by atomic mass is 9.87. The summed E-state index contributed by atoms with van der Waals surface area (Å²) in [7, 11) is 0. The summed E-state index contributed by atoms with van der Waals surface area (Å²) < 4.78 is 12.7. The summed E-state index contributed by atoms with van der Waals surface area (Å²) in [6, 6.07) is 4.35. The molecular weight excluding hydrogens is 374 g/mol. The first-order valence-corrected chi connectivity index (χ1v) is 11.5. The van der Waals surface area contributed by atoms with E-state index in [9.17, 15) is 0 Å². The molecule has 0 unspecified atom stereocenters. The van der Waals surface area contributed by atoms with Crippen molar-refractivity contribution in [1.82, 2.24) is 9.88 Å². The molecule has 2 aliphatic heterocycles. The number of anilines is 1. The first-order chi connectivity index (χ1) is 14.2. The molecule has 2 aromatic rings. The molecule has 0 radical (unpaired) electrons. The zero-order chi connectivity index (χ0) is 21.5. The van der Waals surface area contributed by atoms with Gasteiger partial charge in [-0.3, -0.25) is 0 Å². The van der Waals surface area contributed by atoms with Crippen molar-refractivity contribution in [3.8, 4) is 5.75 Å². The molecule has 4 rings (SSSR count). The van der Waals surface area contributed by atoms with Gasteiger partial charge in [0, 0.05) is 35.7 Å². The smallest absolute Gasteiger partial charge is 0.133 e. The summed E-state index contributed by atoms with van der Waals surface area (Å²) in [4.78, 5) is 7.55. The van der Waals surface area contributed by atoms with E-state index in [0.717, 1.165) is 48.8 Å². The first kappa shape index (κ1) is 21.4. The molecule has 1 fully saturated rings. The predicted octanol–water partition coefficient (Wildman–Crippen LogP) is 5.34. The Labute approximate surface area is 181 Å². The van der Waals surface area contributed by atoms with Gasteiger partial charge in [-0.2, -0.15) is 0 Å². The number of aryl methyl sites for hydroxylation is 1. The summed E-state index contributed by atoms with van der Waals surface area (Å²) in [6.45, 7) is 18.0. The minimum absolute atomic E-state index is 0.366. The number of aromatic nitrogens is 1. The van der Waals surface area contributed by atoms with Gasteiger partial charge >= 0.3 is 0 Å². The van der Waals surface area contributed by atoms with Gasteiger partial charge in [-0.25, -0.2) is 4.98 Å². The van der Waals surface area contributed by atoms with Gasteiger partial charge in [0.25, 0.3) is 0 Å². The molecule has 0 bridgehead atoms. The molecular formula is C25H37N3O2. The Morgan fingerprint density at radius 1 is 1.10 bits per heavy atom. The maximum Gasteiger partial charge on any atom is 0.133 e. The van der Waals surface area contributed by atoms with Crippen LogP contribution in [0.4, 0.5) is 5.82 Å². The minimum atomic E-state index is -0.379. The van der Waals surface area contributed by atoms with E-state index in [1.54, 1.807) is 0 Å². The van der Waals surface area contributed by atoms with Crippen molar-refractivity contribution in [1.29, 1.82) is 0 Å². The van der Waals surface area contributed by atoms with Crippen LogP contribution in [0.25, 0.3) is 10.9 Å². The lowest BCUT2D eigenvalue weighted by molar-refractivity contribution is -0.104. The van der Waals surface area contributed by atoms with E-state index >= 15 is 0 Å². The van der Waals surface area contributed by atoms with Crippen LogP contribution in [0.2, 0.25) is 0 Å². The van der Waals surface area contributed by atoms with Crippen LogP contribution in [0.1, 0.15) is 70.6 Å². The number of ether oxygens (including phenoxy) is 2. The van der Waals surface area contributed by atoms with Crippen LogP contribution in [0.5, 0.6) is 5.75 Å². The zero-order valence-electron chi connectivity index (χ0n) is 19.5. The Balaban J connectivity index is 1.66. The monoisotopic (exact) mass is 411 g/mol. The summed E-state index contributed by atoms with van der Waals surface area (Å²) in [5.74, 6) is 1.87. The lowest BCUT2D eigenvalue weighted by Gasteiger charge is -2.25. The molecule has 3 heterocycles. The lowest BCUT2D eigenvalue weighted by Crippen LogP contribution is -2.23. The number of benzene rings is 1. The third-order valence-electron chi connectivity index (χ3n) is 6.42. The topological polar surface area (TPSA) is 46.6 Å². The molecule has 5 heteroatoms. The van der Waals surface area contributed by atoms with Crippen LogP contribution in [0, 0.1) is 6.92 Å². The zero-order valence-corrected chi connectivity index (χ0v) is 19.5. The number of pyridine rings is 1. The minimum Gasteiger partial charge on any atom is -0.493 e. The Hall–Kier alpha value is -1.85. The van der Waals surface area contributed by atoms with Crippen molar-refractivity contribution in [2.45, 2.75) is 72.0 Å². The average molecular weight is 412 g/mol. The van der Waals surface area contributed by atoms with Gasteiger partial charge < -0.3 is 19.7 Å². The van der Waals surface area contributed by atoms with Crippen LogP contribution in [-0.2, 0) is 15.9 Å². The van der Waals surface area contributed by atoms with E-state index in [1.807, 2.05) is 0 Å². The van der Waals surface area contributed by atoms with Crippen LogP contribution in [0.15, 0.2) is 12.1 Å². The van der Waals surface area contributed by atoms with Crippen LogP contribution >= 0.6 is 0 Å². The van der Waals surface area contributed by atoms with E-state index < -0.39 is 0 Å². The maximum absolute atomic E-state index is 6.48. The molecule has 2 aliphatic rings. The second-order valence-corrected chi connectivity index (χ2v) is 9.75. The molecule has 1 saturated heterocycles. The quantitative estimate of drug-likeness (QED) is 0.623. The van der Waals surface area contributed by atoms with Gasteiger partial charge in [-0.1, -0.05) is 0 Å². The van der Waals surface area contributed by atoms with Gasteiger partial charge in [0.2, 0.25) is 0 Å². The van der Waals surface area contributed by atoms with E-state index in [1.165, 1.54) is 42.4 Å². The highest BCUT2D eigenvalue weighted by Crippen LogP contribution is 2.52. The maximum atomic E-state index is 6.48. The third-order valence-corrected chi connectivity index (χ3v) is 6.42.